The van der Waals surface area contributed by atoms with E-state index in [4.69, 9.17) is 21.3 Å². The van der Waals surface area contributed by atoms with Crippen molar-refractivity contribution in [1.29, 1.82) is 0 Å². The van der Waals surface area contributed by atoms with Gasteiger partial charge in [0, 0.05) is 49.9 Å². The molecule has 1 aromatic heterocycles. The zero-order valence-corrected chi connectivity index (χ0v) is 25.8. The SMILES string of the molecule is Cc1cc(Cl)cc2sc(N(CCCN3CCOCC3)C(=O)c3ccc(S(=O)(=O)N4CCc5ccccc5C4)cc3)nc12. The Bertz CT molecular complexity index is 1700. The number of aromatic nitrogens is 1. The molecule has 4 aromatic rings. The normalized spacial score (nSPS) is 16.4. The number of thiazole rings is 1. The number of sulfonamides is 1. The summed E-state index contributed by atoms with van der Waals surface area (Å²) in [5.74, 6) is -0.212. The molecule has 0 bridgehead atoms. The Hall–Kier alpha value is -2.86. The predicted molar refractivity (Wildman–Crippen MR) is 167 cm³/mol. The maximum absolute atomic E-state index is 13.9. The van der Waals surface area contributed by atoms with E-state index in [9.17, 15) is 13.2 Å². The highest BCUT2D eigenvalue weighted by Gasteiger charge is 2.29. The van der Waals surface area contributed by atoms with Crippen LogP contribution in [0, 0.1) is 6.92 Å². The maximum Gasteiger partial charge on any atom is 0.260 e. The standard InChI is InChI=1S/C31H33ClN4O4S2/c1-22-19-26(32)20-28-29(22)33-31(41-28)36(13-4-12-34-15-17-40-18-16-34)30(37)24-7-9-27(10-8-24)42(38,39)35-14-11-23-5-2-3-6-25(23)21-35/h2-3,5-10,19-20H,4,11-18,21H2,1H3. The largest absolute Gasteiger partial charge is 0.379 e. The van der Waals surface area contributed by atoms with Crippen LogP contribution in [0.4, 0.5) is 5.13 Å². The molecule has 11 heteroatoms. The van der Waals surface area contributed by atoms with Crippen LogP contribution in [0.15, 0.2) is 65.6 Å². The zero-order chi connectivity index (χ0) is 29.3. The topological polar surface area (TPSA) is 83.0 Å². The minimum atomic E-state index is -3.70. The number of amides is 1. The first-order chi connectivity index (χ1) is 20.3. The molecule has 0 saturated carbocycles. The average molecular weight is 625 g/mol. The number of carbonyl (C=O) groups excluding carboxylic acids is 1. The lowest BCUT2D eigenvalue weighted by Gasteiger charge is -2.28. The van der Waals surface area contributed by atoms with Gasteiger partial charge >= 0.3 is 0 Å². The van der Waals surface area contributed by atoms with Gasteiger partial charge in [0.25, 0.3) is 5.91 Å². The molecule has 1 amide bonds. The zero-order valence-electron chi connectivity index (χ0n) is 23.5. The number of benzene rings is 3. The van der Waals surface area contributed by atoms with Gasteiger partial charge in [-0.05, 0) is 72.9 Å². The summed E-state index contributed by atoms with van der Waals surface area (Å²) in [7, 11) is -3.70. The lowest BCUT2D eigenvalue weighted by atomic mass is 10.0. The van der Waals surface area contributed by atoms with Crippen molar-refractivity contribution in [3.63, 3.8) is 0 Å². The Morgan fingerprint density at radius 3 is 2.55 bits per heavy atom. The minimum Gasteiger partial charge on any atom is -0.379 e. The molecule has 8 nitrogen and oxygen atoms in total. The van der Waals surface area contributed by atoms with Gasteiger partial charge in [0.05, 0.1) is 28.3 Å². The van der Waals surface area contributed by atoms with E-state index in [0.29, 0.717) is 41.8 Å². The molecule has 6 rings (SSSR count). The van der Waals surface area contributed by atoms with E-state index in [0.717, 1.165) is 60.6 Å². The van der Waals surface area contributed by atoms with Crippen LogP contribution in [0.25, 0.3) is 10.2 Å². The van der Waals surface area contributed by atoms with E-state index in [2.05, 4.69) is 4.90 Å². The number of rotatable bonds is 8. The van der Waals surface area contributed by atoms with E-state index in [1.54, 1.807) is 17.0 Å². The summed E-state index contributed by atoms with van der Waals surface area (Å²) in [6, 6.07) is 18.0. The van der Waals surface area contributed by atoms with Crippen LogP contribution >= 0.6 is 22.9 Å². The van der Waals surface area contributed by atoms with Crippen LogP contribution in [-0.4, -0.2) is 74.5 Å². The Morgan fingerprint density at radius 2 is 1.79 bits per heavy atom. The molecule has 0 N–H and O–H groups in total. The van der Waals surface area contributed by atoms with E-state index in [-0.39, 0.29) is 10.8 Å². The number of hydrogen-bond donors (Lipinski definition) is 0. The van der Waals surface area contributed by atoms with Crippen LogP contribution in [-0.2, 0) is 27.7 Å². The number of fused-ring (bicyclic) bond motifs is 2. The molecule has 1 fully saturated rings. The first-order valence-corrected chi connectivity index (χ1v) is 16.8. The third kappa shape index (κ3) is 6.10. The Balaban J connectivity index is 1.23. The summed E-state index contributed by atoms with van der Waals surface area (Å²) in [6.45, 7) is 7.27. The van der Waals surface area contributed by atoms with Gasteiger partial charge in [-0.25, -0.2) is 13.4 Å². The summed E-state index contributed by atoms with van der Waals surface area (Å²) in [5, 5.41) is 1.24. The van der Waals surface area contributed by atoms with E-state index in [1.807, 2.05) is 43.3 Å². The van der Waals surface area contributed by atoms with Crippen molar-refractivity contribution in [2.75, 3.05) is 50.8 Å². The van der Waals surface area contributed by atoms with Crippen molar-refractivity contribution in [3.8, 4) is 0 Å². The maximum atomic E-state index is 13.9. The molecule has 0 unspecified atom stereocenters. The van der Waals surface area contributed by atoms with Crippen molar-refractivity contribution in [2.24, 2.45) is 0 Å². The smallest absolute Gasteiger partial charge is 0.260 e. The number of halogens is 1. The van der Waals surface area contributed by atoms with Gasteiger partial charge < -0.3 is 4.74 Å². The number of anilines is 1. The van der Waals surface area contributed by atoms with E-state index >= 15 is 0 Å². The van der Waals surface area contributed by atoms with Crippen LogP contribution in [0.5, 0.6) is 0 Å². The van der Waals surface area contributed by atoms with Crippen LogP contribution < -0.4 is 4.90 Å². The van der Waals surface area contributed by atoms with Crippen LogP contribution in [0.3, 0.4) is 0 Å². The van der Waals surface area contributed by atoms with Crippen molar-refractivity contribution < 1.29 is 17.9 Å². The molecule has 2 aliphatic heterocycles. The van der Waals surface area contributed by atoms with Gasteiger partial charge in [-0.2, -0.15) is 4.31 Å². The van der Waals surface area contributed by atoms with Gasteiger partial charge in [-0.3, -0.25) is 14.6 Å². The third-order valence-corrected chi connectivity index (χ3v) is 11.0. The molecule has 0 radical (unpaired) electrons. The molecule has 0 atom stereocenters. The van der Waals surface area contributed by atoms with Crippen LogP contribution in [0.1, 0.15) is 33.5 Å². The van der Waals surface area contributed by atoms with Crippen molar-refractivity contribution in [3.05, 3.63) is 87.9 Å². The Kier molecular flexibility index (Phi) is 8.63. The molecule has 3 heterocycles. The molecule has 1 saturated heterocycles. The fourth-order valence-electron chi connectivity index (χ4n) is 5.57. The first-order valence-electron chi connectivity index (χ1n) is 14.2. The van der Waals surface area contributed by atoms with Crippen molar-refractivity contribution in [1.82, 2.24) is 14.2 Å². The minimum absolute atomic E-state index is 0.183. The summed E-state index contributed by atoms with van der Waals surface area (Å²) in [6.07, 6.45) is 1.45. The number of carbonyl (C=O) groups is 1. The second-order valence-corrected chi connectivity index (χ2v) is 14.1. The third-order valence-electron chi connectivity index (χ3n) is 7.91. The number of nitrogens with zero attached hydrogens (tertiary/aromatic N) is 4. The Labute approximate surface area is 255 Å². The van der Waals surface area contributed by atoms with Crippen molar-refractivity contribution >= 4 is 54.2 Å². The molecule has 0 spiro atoms. The average Bonchev–Trinajstić information content (AvgIpc) is 3.43. The number of morpholine rings is 1. The molecule has 3 aromatic carbocycles. The lowest BCUT2D eigenvalue weighted by Crippen LogP contribution is -2.39. The summed E-state index contributed by atoms with van der Waals surface area (Å²) in [4.78, 5) is 23.0. The summed E-state index contributed by atoms with van der Waals surface area (Å²) >= 11 is 7.74. The second-order valence-electron chi connectivity index (χ2n) is 10.7. The number of aryl methyl sites for hydroxylation is 1. The number of hydrogen-bond acceptors (Lipinski definition) is 7. The Morgan fingerprint density at radius 1 is 1.05 bits per heavy atom. The number of ether oxygens (including phenoxy) is 1. The fraction of sp³-hybridized carbons (Fsp3) is 0.355. The highest BCUT2D eigenvalue weighted by molar-refractivity contribution is 7.89. The first kappa shape index (κ1) is 29.2. The molecule has 2 aliphatic rings. The van der Waals surface area contributed by atoms with E-state index in [1.165, 1.54) is 33.3 Å². The van der Waals surface area contributed by atoms with E-state index < -0.39 is 10.0 Å². The van der Waals surface area contributed by atoms with Gasteiger partial charge in [0.15, 0.2) is 5.13 Å². The van der Waals surface area contributed by atoms with Crippen LogP contribution in [0.2, 0.25) is 5.02 Å². The summed E-state index contributed by atoms with van der Waals surface area (Å²) < 4.78 is 34.9. The van der Waals surface area contributed by atoms with Gasteiger partial charge in [0.1, 0.15) is 0 Å². The van der Waals surface area contributed by atoms with Gasteiger partial charge in [0.2, 0.25) is 10.0 Å². The highest BCUT2D eigenvalue weighted by Crippen LogP contribution is 2.34. The fourth-order valence-corrected chi connectivity index (χ4v) is 8.43. The molecule has 0 aliphatic carbocycles. The monoisotopic (exact) mass is 624 g/mol. The lowest BCUT2D eigenvalue weighted by molar-refractivity contribution is 0.0376. The summed E-state index contributed by atoms with van der Waals surface area (Å²) in [5.41, 5.74) is 4.41. The molecule has 42 heavy (non-hydrogen) atoms. The predicted octanol–water partition coefficient (Wildman–Crippen LogP) is 5.37. The van der Waals surface area contributed by atoms with Crippen molar-refractivity contribution in [2.45, 2.75) is 31.2 Å². The second kappa shape index (κ2) is 12.4. The van der Waals surface area contributed by atoms with Gasteiger partial charge in [-0.15, -0.1) is 0 Å². The molecule has 220 valence electrons. The molecular weight excluding hydrogens is 592 g/mol. The quantitative estimate of drug-likeness (QED) is 0.262. The van der Waals surface area contributed by atoms with Gasteiger partial charge in [-0.1, -0.05) is 47.2 Å². The molecular formula is C31H33ClN4O4S2. The highest BCUT2D eigenvalue weighted by atomic mass is 35.5.